The number of carbonyl (C=O) groups excluding carboxylic acids is 2. The van der Waals surface area contributed by atoms with Gasteiger partial charge < -0.3 is 15.3 Å². The minimum atomic E-state index is -0.988. The molecule has 1 saturated heterocycles. The van der Waals surface area contributed by atoms with Crippen LogP contribution in [0.3, 0.4) is 0 Å². The van der Waals surface area contributed by atoms with E-state index in [2.05, 4.69) is 5.32 Å². The van der Waals surface area contributed by atoms with Gasteiger partial charge in [-0.15, -0.1) is 0 Å². The summed E-state index contributed by atoms with van der Waals surface area (Å²) in [5.74, 6) is -2.43. The number of nitrogens with zero attached hydrogens (tertiary/aromatic N) is 1. The zero-order valence-corrected chi connectivity index (χ0v) is 15.5. The van der Waals surface area contributed by atoms with E-state index in [1.165, 1.54) is 17.9 Å². The molecule has 1 aromatic carbocycles. The lowest BCUT2D eigenvalue weighted by Crippen LogP contribution is -2.50. The van der Waals surface area contributed by atoms with Crippen LogP contribution in [0.15, 0.2) is 18.2 Å². The largest absolute Gasteiger partial charge is 0.481 e. The maximum atomic E-state index is 12.8. The molecule has 1 fully saturated rings. The van der Waals surface area contributed by atoms with E-state index >= 15 is 0 Å². The minimum absolute atomic E-state index is 0.251. The first-order valence-electron chi connectivity index (χ1n) is 8.01. The highest BCUT2D eigenvalue weighted by Gasteiger charge is 2.36. The van der Waals surface area contributed by atoms with Crippen molar-refractivity contribution in [2.45, 2.75) is 38.8 Å². The second-order valence-corrected chi connectivity index (χ2v) is 7.05. The van der Waals surface area contributed by atoms with Crippen LogP contribution in [0.2, 0.25) is 10.0 Å². The van der Waals surface area contributed by atoms with Crippen LogP contribution in [0.5, 0.6) is 0 Å². The highest BCUT2D eigenvalue weighted by Crippen LogP contribution is 2.26. The third kappa shape index (κ3) is 4.44. The second kappa shape index (κ2) is 8.06. The molecule has 0 bridgehead atoms. The summed E-state index contributed by atoms with van der Waals surface area (Å²) in [6, 6.07) is 3.42. The van der Waals surface area contributed by atoms with Gasteiger partial charge in [-0.2, -0.15) is 0 Å². The van der Waals surface area contributed by atoms with Crippen molar-refractivity contribution < 1.29 is 19.5 Å². The van der Waals surface area contributed by atoms with E-state index in [4.69, 9.17) is 28.3 Å². The fourth-order valence-corrected chi connectivity index (χ4v) is 3.13. The summed E-state index contributed by atoms with van der Waals surface area (Å²) in [5.41, 5.74) is 0.251. The molecule has 1 aromatic rings. The number of amides is 2. The molecule has 2 N–H and O–H groups in total. The molecule has 136 valence electrons. The number of carboxylic acids is 1. The minimum Gasteiger partial charge on any atom is -0.481 e. The Balaban J connectivity index is 2.14. The molecule has 25 heavy (non-hydrogen) atoms. The Morgan fingerprint density at radius 3 is 2.60 bits per heavy atom. The van der Waals surface area contributed by atoms with Crippen molar-refractivity contribution in [3.8, 4) is 0 Å². The molecule has 3 atom stereocenters. The van der Waals surface area contributed by atoms with Crippen molar-refractivity contribution in [1.82, 2.24) is 10.2 Å². The van der Waals surface area contributed by atoms with E-state index in [9.17, 15) is 14.4 Å². The Kier molecular flexibility index (Phi) is 6.30. The third-order valence-corrected chi connectivity index (χ3v) is 5.05. The fourth-order valence-electron chi connectivity index (χ4n) is 2.76. The Labute approximate surface area is 156 Å². The number of rotatable bonds is 5. The molecule has 0 aliphatic carbocycles. The zero-order valence-electron chi connectivity index (χ0n) is 14.0. The van der Waals surface area contributed by atoms with Crippen LogP contribution < -0.4 is 5.32 Å². The lowest BCUT2D eigenvalue weighted by molar-refractivity contribution is -0.142. The number of hydrogen-bond acceptors (Lipinski definition) is 3. The van der Waals surface area contributed by atoms with E-state index in [0.717, 1.165) is 0 Å². The number of carboxylic acid groups (broad SMARTS) is 1. The van der Waals surface area contributed by atoms with Gasteiger partial charge in [-0.25, -0.2) is 0 Å². The molecule has 0 radical (unpaired) electrons. The summed E-state index contributed by atoms with van der Waals surface area (Å²) >= 11 is 12.0. The van der Waals surface area contributed by atoms with Gasteiger partial charge in [0.2, 0.25) is 5.91 Å². The van der Waals surface area contributed by atoms with Crippen LogP contribution in [-0.4, -0.2) is 46.4 Å². The summed E-state index contributed by atoms with van der Waals surface area (Å²) in [5, 5.41) is 12.4. The second-order valence-electron chi connectivity index (χ2n) is 6.20. The number of likely N-dealkylation sites (tertiary alicyclic amines) is 1. The van der Waals surface area contributed by atoms with Gasteiger partial charge in [0.05, 0.1) is 16.5 Å². The summed E-state index contributed by atoms with van der Waals surface area (Å²) in [6.45, 7) is 3.59. The van der Waals surface area contributed by atoms with Crippen LogP contribution in [-0.2, 0) is 9.59 Å². The summed E-state index contributed by atoms with van der Waals surface area (Å²) < 4.78 is 0. The SMILES string of the molecule is CC(NC(=O)C1CCCN1C(=O)c1cc(Cl)ccc1Cl)C(C)C(=O)O. The van der Waals surface area contributed by atoms with Gasteiger partial charge in [0.15, 0.2) is 0 Å². The predicted molar refractivity (Wildman–Crippen MR) is 94.9 cm³/mol. The third-order valence-electron chi connectivity index (χ3n) is 4.48. The van der Waals surface area contributed by atoms with Gasteiger partial charge in [-0.3, -0.25) is 14.4 Å². The monoisotopic (exact) mass is 386 g/mol. The van der Waals surface area contributed by atoms with Crippen LogP contribution in [0.4, 0.5) is 0 Å². The van der Waals surface area contributed by atoms with E-state index in [1.54, 1.807) is 19.1 Å². The average Bonchev–Trinajstić information content (AvgIpc) is 3.05. The fraction of sp³-hybridized carbons (Fsp3) is 0.471. The molecule has 2 rings (SSSR count). The van der Waals surface area contributed by atoms with Crippen LogP contribution in [0.1, 0.15) is 37.0 Å². The van der Waals surface area contributed by atoms with Crippen LogP contribution >= 0.6 is 23.2 Å². The van der Waals surface area contributed by atoms with Crippen molar-refractivity contribution in [2.75, 3.05) is 6.54 Å². The molecule has 1 heterocycles. The molecule has 3 unspecified atom stereocenters. The quantitative estimate of drug-likeness (QED) is 0.814. The molecular weight excluding hydrogens is 367 g/mol. The number of hydrogen-bond donors (Lipinski definition) is 2. The van der Waals surface area contributed by atoms with Gasteiger partial charge in [-0.1, -0.05) is 23.2 Å². The van der Waals surface area contributed by atoms with Gasteiger partial charge in [0, 0.05) is 17.6 Å². The first kappa shape index (κ1) is 19.5. The number of nitrogens with one attached hydrogen (secondary N) is 1. The van der Waals surface area contributed by atoms with Crippen LogP contribution in [0, 0.1) is 5.92 Å². The number of carbonyl (C=O) groups is 3. The summed E-state index contributed by atoms with van der Waals surface area (Å²) in [6.07, 6.45) is 1.20. The number of aliphatic carboxylic acids is 1. The normalized spacial score (nSPS) is 19.4. The Hall–Kier alpha value is -1.79. The first-order chi connectivity index (χ1) is 11.7. The maximum Gasteiger partial charge on any atom is 0.308 e. The van der Waals surface area contributed by atoms with E-state index in [0.29, 0.717) is 24.4 Å². The highest BCUT2D eigenvalue weighted by atomic mass is 35.5. The average molecular weight is 387 g/mol. The van der Waals surface area contributed by atoms with Gasteiger partial charge in [-0.05, 0) is 44.9 Å². The van der Waals surface area contributed by atoms with Crippen molar-refractivity contribution in [2.24, 2.45) is 5.92 Å². The Morgan fingerprint density at radius 1 is 1.28 bits per heavy atom. The summed E-state index contributed by atoms with van der Waals surface area (Å²) in [4.78, 5) is 37.8. The van der Waals surface area contributed by atoms with Crippen molar-refractivity contribution in [3.63, 3.8) is 0 Å². The summed E-state index contributed by atoms with van der Waals surface area (Å²) in [7, 11) is 0. The van der Waals surface area contributed by atoms with E-state index in [-0.39, 0.29) is 22.4 Å². The standard InChI is InChI=1S/C17H20Cl2N2O4/c1-9(17(24)25)10(2)20-15(22)14-4-3-7-21(14)16(23)12-8-11(18)5-6-13(12)19/h5-6,8-10,14H,3-4,7H2,1-2H3,(H,20,22)(H,24,25). The van der Waals surface area contributed by atoms with Gasteiger partial charge in [0.25, 0.3) is 5.91 Å². The van der Waals surface area contributed by atoms with Gasteiger partial charge >= 0.3 is 5.97 Å². The lowest BCUT2D eigenvalue weighted by Gasteiger charge is -2.27. The Morgan fingerprint density at radius 2 is 1.96 bits per heavy atom. The van der Waals surface area contributed by atoms with E-state index in [1.807, 2.05) is 0 Å². The number of benzene rings is 1. The first-order valence-corrected chi connectivity index (χ1v) is 8.77. The molecule has 1 aliphatic rings. The highest BCUT2D eigenvalue weighted by molar-refractivity contribution is 6.35. The van der Waals surface area contributed by atoms with Crippen molar-refractivity contribution in [1.29, 1.82) is 0 Å². The molecular formula is C17H20Cl2N2O4. The molecule has 6 nitrogen and oxygen atoms in total. The maximum absolute atomic E-state index is 12.8. The molecule has 2 amide bonds. The lowest BCUT2D eigenvalue weighted by atomic mass is 10.0. The number of halogens is 2. The molecule has 0 spiro atoms. The van der Waals surface area contributed by atoms with Crippen molar-refractivity contribution in [3.05, 3.63) is 33.8 Å². The molecule has 0 aromatic heterocycles. The molecule has 8 heteroatoms. The Bertz CT molecular complexity index is 695. The molecule has 0 saturated carbocycles. The van der Waals surface area contributed by atoms with Crippen molar-refractivity contribution >= 4 is 41.0 Å². The topological polar surface area (TPSA) is 86.7 Å². The zero-order chi connectivity index (χ0) is 18.7. The van der Waals surface area contributed by atoms with Crippen LogP contribution in [0.25, 0.3) is 0 Å². The smallest absolute Gasteiger partial charge is 0.308 e. The molecule has 1 aliphatic heterocycles. The van der Waals surface area contributed by atoms with E-state index < -0.39 is 24.0 Å². The predicted octanol–water partition coefficient (Wildman–Crippen LogP) is 2.82. The van der Waals surface area contributed by atoms with Gasteiger partial charge in [0.1, 0.15) is 6.04 Å².